The van der Waals surface area contributed by atoms with E-state index in [2.05, 4.69) is 20.5 Å². The van der Waals surface area contributed by atoms with E-state index < -0.39 is 5.41 Å². The van der Waals surface area contributed by atoms with Gasteiger partial charge in [0.1, 0.15) is 0 Å². The highest BCUT2D eigenvalue weighted by molar-refractivity contribution is 5.84. The van der Waals surface area contributed by atoms with Gasteiger partial charge in [-0.25, -0.2) is 0 Å². The van der Waals surface area contributed by atoms with E-state index in [0.29, 0.717) is 6.54 Å². The Morgan fingerprint density at radius 2 is 2.27 bits per heavy atom. The summed E-state index contributed by atoms with van der Waals surface area (Å²) in [4.78, 5) is 17.9. The Morgan fingerprint density at radius 1 is 1.60 bits per heavy atom. The minimum absolute atomic E-state index is 0.0382. The molecule has 1 heterocycles. The number of hydrogen-bond acceptors (Lipinski definition) is 4. The van der Waals surface area contributed by atoms with Crippen LogP contribution in [0.4, 0.5) is 0 Å². The molecular formula is C10H20N4O. The Hall–Kier alpha value is -1.26. The molecule has 1 aliphatic heterocycles. The van der Waals surface area contributed by atoms with Crippen LogP contribution in [-0.2, 0) is 4.79 Å². The summed E-state index contributed by atoms with van der Waals surface area (Å²) >= 11 is 0. The molecule has 1 aliphatic rings. The van der Waals surface area contributed by atoms with Crippen molar-refractivity contribution in [2.75, 3.05) is 33.7 Å². The molecule has 0 radical (unpaired) electrons. The van der Waals surface area contributed by atoms with E-state index in [0.717, 1.165) is 19.0 Å². The molecule has 0 saturated carbocycles. The van der Waals surface area contributed by atoms with E-state index in [-0.39, 0.29) is 5.91 Å². The number of guanidine groups is 1. The summed E-state index contributed by atoms with van der Waals surface area (Å²) in [5.41, 5.74) is -0.416. The van der Waals surface area contributed by atoms with Gasteiger partial charge in [-0.05, 0) is 13.8 Å². The second-order valence-electron chi connectivity index (χ2n) is 4.44. The molecule has 15 heavy (non-hydrogen) atoms. The van der Waals surface area contributed by atoms with Crippen LogP contribution in [-0.4, -0.2) is 50.5 Å². The van der Waals surface area contributed by atoms with Crippen LogP contribution >= 0.6 is 0 Å². The van der Waals surface area contributed by atoms with Crippen LogP contribution in [0.2, 0.25) is 0 Å². The summed E-state index contributed by atoms with van der Waals surface area (Å²) in [5.74, 6) is 0.920. The van der Waals surface area contributed by atoms with Gasteiger partial charge in [-0.1, -0.05) is 0 Å². The first-order chi connectivity index (χ1) is 6.97. The van der Waals surface area contributed by atoms with Crippen LogP contribution in [0.5, 0.6) is 0 Å². The van der Waals surface area contributed by atoms with Gasteiger partial charge in [-0.15, -0.1) is 0 Å². The van der Waals surface area contributed by atoms with Gasteiger partial charge in [0.25, 0.3) is 0 Å². The summed E-state index contributed by atoms with van der Waals surface area (Å²) in [7, 11) is 3.65. The van der Waals surface area contributed by atoms with Crippen molar-refractivity contribution in [3.8, 4) is 0 Å². The monoisotopic (exact) mass is 212 g/mol. The molecular weight excluding hydrogens is 192 g/mol. The third kappa shape index (κ3) is 2.84. The standard InChI is InChI=1S/C10H20N4O/c1-10(2,8(15)11-3)7-13-9-12-5-6-14(9)4/h5-7H2,1-4H3,(H,11,15)(H,12,13). The third-order valence-electron chi connectivity index (χ3n) is 2.59. The van der Waals surface area contributed by atoms with Gasteiger partial charge < -0.3 is 15.5 Å². The van der Waals surface area contributed by atoms with Crippen molar-refractivity contribution in [3.05, 3.63) is 0 Å². The first-order valence-electron chi connectivity index (χ1n) is 5.19. The lowest BCUT2D eigenvalue weighted by Crippen LogP contribution is -2.46. The maximum absolute atomic E-state index is 11.5. The second-order valence-corrected chi connectivity index (χ2v) is 4.44. The van der Waals surface area contributed by atoms with E-state index in [1.54, 1.807) is 7.05 Å². The molecule has 1 amide bonds. The lowest BCUT2D eigenvalue weighted by atomic mass is 9.92. The third-order valence-corrected chi connectivity index (χ3v) is 2.59. The lowest BCUT2D eigenvalue weighted by molar-refractivity contribution is -0.128. The van der Waals surface area contributed by atoms with Crippen molar-refractivity contribution in [2.45, 2.75) is 13.8 Å². The number of carbonyl (C=O) groups is 1. The summed E-state index contributed by atoms with van der Waals surface area (Å²) in [5, 5.41) is 5.86. The zero-order valence-electron chi connectivity index (χ0n) is 9.92. The van der Waals surface area contributed by atoms with Crippen molar-refractivity contribution >= 4 is 11.9 Å². The Bertz CT molecular complexity index is 273. The normalized spacial score (nSPS) is 16.3. The van der Waals surface area contributed by atoms with Gasteiger partial charge in [0.2, 0.25) is 5.91 Å². The summed E-state index contributed by atoms with van der Waals surface area (Å²) in [6, 6.07) is 0. The molecule has 0 aromatic rings. The van der Waals surface area contributed by atoms with Crippen molar-refractivity contribution < 1.29 is 4.79 Å². The fourth-order valence-corrected chi connectivity index (χ4v) is 1.44. The Kier molecular flexibility index (Phi) is 3.55. The topological polar surface area (TPSA) is 56.7 Å². The molecule has 0 aliphatic carbocycles. The number of hydrogen-bond donors (Lipinski definition) is 2. The molecule has 0 atom stereocenters. The second kappa shape index (κ2) is 4.51. The Balaban J connectivity index is 2.45. The largest absolute Gasteiger partial charge is 0.359 e. The van der Waals surface area contributed by atoms with Gasteiger partial charge in [0, 0.05) is 27.2 Å². The number of carbonyl (C=O) groups excluding carboxylic acids is 1. The highest BCUT2D eigenvalue weighted by atomic mass is 16.2. The highest BCUT2D eigenvalue weighted by Crippen LogP contribution is 2.13. The van der Waals surface area contributed by atoms with Crippen LogP contribution in [0, 0.1) is 5.41 Å². The molecule has 0 aromatic heterocycles. The maximum atomic E-state index is 11.5. The SMILES string of the molecule is CNC(=O)C(C)(C)CNC1=NCCN1C. The van der Waals surface area contributed by atoms with Gasteiger partial charge in [0.15, 0.2) is 5.96 Å². The molecule has 0 aromatic carbocycles. The van der Waals surface area contributed by atoms with Crippen molar-refractivity contribution in [3.63, 3.8) is 0 Å². The Morgan fingerprint density at radius 3 is 2.73 bits per heavy atom. The quantitative estimate of drug-likeness (QED) is 0.672. The molecule has 0 unspecified atom stereocenters. The average molecular weight is 212 g/mol. The predicted octanol–water partition coefficient (Wildman–Crippen LogP) is -0.350. The van der Waals surface area contributed by atoms with E-state index >= 15 is 0 Å². The van der Waals surface area contributed by atoms with Crippen LogP contribution in [0.25, 0.3) is 0 Å². The molecule has 0 bridgehead atoms. The maximum Gasteiger partial charge on any atom is 0.227 e. The first kappa shape index (κ1) is 11.8. The van der Waals surface area contributed by atoms with Gasteiger partial charge in [0.05, 0.1) is 12.0 Å². The van der Waals surface area contributed by atoms with E-state index in [4.69, 9.17) is 0 Å². The summed E-state index contributed by atoms with van der Waals surface area (Å²) in [6.45, 7) is 6.19. The molecule has 5 nitrogen and oxygen atoms in total. The van der Waals surface area contributed by atoms with Gasteiger partial charge >= 0.3 is 0 Å². The average Bonchev–Trinajstić information content (AvgIpc) is 2.60. The lowest BCUT2D eigenvalue weighted by Gasteiger charge is -2.25. The number of rotatable bonds is 3. The van der Waals surface area contributed by atoms with Crippen molar-refractivity contribution in [1.82, 2.24) is 15.5 Å². The van der Waals surface area contributed by atoms with Gasteiger partial charge in [-0.2, -0.15) is 0 Å². The van der Waals surface area contributed by atoms with E-state index in [1.165, 1.54) is 0 Å². The van der Waals surface area contributed by atoms with Crippen LogP contribution in [0.3, 0.4) is 0 Å². The molecule has 0 spiro atoms. The van der Waals surface area contributed by atoms with Gasteiger partial charge in [-0.3, -0.25) is 9.79 Å². The van der Waals surface area contributed by atoms with Crippen LogP contribution in [0.15, 0.2) is 4.99 Å². The smallest absolute Gasteiger partial charge is 0.227 e. The zero-order valence-corrected chi connectivity index (χ0v) is 9.92. The zero-order chi connectivity index (χ0) is 11.5. The molecule has 86 valence electrons. The van der Waals surface area contributed by atoms with Crippen molar-refractivity contribution in [2.24, 2.45) is 10.4 Å². The van der Waals surface area contributed by atoms with Crippen molar-refractivity contribution in [1.29, 1.82) is 0 Å². The number of nitrogens with zero attached hydrogens (tertiary/aromatic N) is 2. The van der Waals surface area contributed by atoms with Crippen LogP contribution < -0.4 is 10.6 Å². The molecule has 2 N–H and O–H groups in total. The first-order valence-corrected chi connectivity index (χ1v) is 5.19. The molecule has 1 rings (SSSR count). The van der Waals surface area contributed by atoms with Crippen LogP contribution in [0.1, 0.15) is 13.8 Å². The number of nitrogens with one attached hydrogen (secondary N) is 2. The number of amides is 1. The predicted molar refractivity (Wildman–Crippen MR) is 60.8 cm³/mol. The minimum Gasteiger partial charge on any atom is -0.359 e. The van der Waals surface area contributed by atoms with E-state index in [1.807, 2.05) is 20.9 Å². The summed E-state index contributed by atoms with van der Waals surface area (Å²) in [6.07, 6.45) is 0. The Labute approximate surface area is 90.9 Å². The minimum atomic E-state index is -0.416. The fraction of sp³-hybridized carbons (Fsp3) is 0.800. The number of aliphatic imine (C=N–C) groups is 1. The number of likely N-dealkylation sites (N-methyl/N-ethyl adjacent to an activating group) is 1. The van der Waals surface area contributed by atoms with E-state index in [9.17, 15) is 4.79 Å². The fourth-order valence-electron chi connectivity index (χ4n) is 1.44. The molecule has 5 heteroatoms. The summed E-state index contributed by atoms with van der Waals surface area (Å²) < 4.78 is 0. The molecule has 0 saturated heterocycles. The highest BCUT2D eigenvalue weighted by Gasteiger charge is 2.27. The molecule has 0 fully saturated rings.